The molecule has 3 rings (SSSR count). The van der Waals surface area contributed by atoms with E-state index >= 15 is 0 Å². The van der Waals surface area contributed by atoms with E-state index < -0.39 is 12.0 Å². The Morgan fingerprint density at radius 1 is 1.32 bits per heavy atom. The van der Waals surface area contributed by atoms with Crippen LogP contribution in [0.2, 0.25) is 0 Å². The zero-order chi connectivity index (χ0) is 24.3. The number of rotatable bonds is 13. The van der Waals surface area contributed by atoms with Gasteiger partial charge in [-0.1, -0.05) is 30.3 Å². The van der Waals surface area contributed by atoms with E-state index in [-0.39, 0.29) is 30.8 Å². The second-order valence-corrected chi connectivity index (χ2v) is 9.52. The number of thioether (sulfide) groups is 1. The normalized spacial score (nSPS) is 16.5. The molecule has 2 atom stereocenters. The number of likely N-dealkylation sites (tertiary alicyclic amines) is 1. The summed E-state index contributed by atoms with van der Waals surface area (Å²) in [4.78, 5) is 48.1. The van der Waals surface area contributed by atoms with Gasteiger partial charge in [0.25, 0.3) is 0 Å². The number of hydrogen-bond donors (Lipinski definition) is 3. The van der Waals surface area contributed by atoms with Crippen molar-refractivity contribution in [3.05, 3.63) is 54.1 Å². The maximum absolute atomic E-state index is 12.9. The molecule has 9 nitrogen and oxygen atoms in total. The Labute approximate surface area is 204 Å². The Hall–Kier alpha value is -2.85. The molecule has 0 radical (unpaired) electrons. The Morgan fingerprint density at radius 3 is 2.79 bits per heavy atom. The highest BCUT2D eigenvalue weighted by molar-refractivity contribution is 7.98. The molecule has 2 heterocycles. The Balaban J connectivity index is 1.66. The highest BCUT2D eigenvalue weighted by Crippen LogP contribution is 2.20. The predicted octanol–water partition coefficient (Wildman–Crippen LogP) is 1.77. The summed E-state index contributed by atoms with van der Waals surface area (Å²) in [5.41, 5.74) is 1.84. The smallest absolute Gasteiger partial charge is 0.326 e. The monoisotopic (exact) mass is 487 g/mol. The molecule has 2 amide bonds. The summed E-state index contributed by atoms with van der Waals surface area (Å²) < 4.78 is 0. The largest absolute Gasteiger partial charge is 0.480 e. The number of imidazole rings is 1. The average Bonchev–Trinajstić information content (AvgIpc) is 3.49. The van der Waals surface area contributed by atoms with Gasteiger partial charge in [0.15, 0.2) is 0 Å². The first-order chi connectivity index (χ1) is 16.5. The van der Waals surface area contributed by atoms with Gasteiger partial charge in [0.2, 0.25) is 11.8 Å². The fourth-order valence-electron chi connectivity index (χ4n) is 4.26. The molecule has 1 aromatic carbocycles. The summed E-state index contributed by atoms with van der Waals surface area (Å²) in [5.74, 6) is -0.652. The average molecular weight is 488 g/mol. The third-order valence-electron chi connectivity index (χ3n) is 5.92. The fraction of sp³-hybridized carbons (Fsp3) is 0.500. The topological polar surface area (TPSA) is 119 Å². The zero-order valence-electron chi connectivity index (χ0n) is 19.5. The molecule has 1 aliphatic heterocycles. The molecule has 0 saturated carbocycles. The van der Waals surface area contributed by atoms with Crippen molar-refractivity contribution < 1.29 is 19.5 Å². The van der Waals surface area contributed by atoms with Crippen molar-refractivity contribution in [3.63, 3.8) is 0 Å². The van der Waals surface area contributed by atoms with Crippen molar-refractivity contribution >= 4 is 29.5 Å². The number of aromatic amines is 1. The van der Waals surface area contributed by atoms with E-state index in [1.54, 1.807) is 24.3 Å². The Kier molecular flexibility index (Phi) is 9.96. The number of aliphatic carboxylic acids is 1. The van der Waals surface area contributed by atoms with Gasteiger partial charge in [0.05, 0.1) is 19.3 Å². The summed E-state index contributed by atoms with van der Waals surface area (Å²) in [5, 5.41) is 12.1. The van der Waals surface area contributed by atoms with E-state index in [2.05, 4.69) is 15.3 Å². The molecule has 1 fully saturated rings. The maximum atomic E-state index is 12.9. The molecule has 1 aliphatic rings. The number of nitrogens with zero attached hydrogens (tertiary/aromatic N) is 3. The quantitative estimate of drug-likeness (QED) is 0.394. The summed E-state index contributed by atoms with van der Waals surface area (Å²) in [6.45, 7) is 1.84. The van der Waals surface area contributed by atoms with Crippen LogP contribution in [0.15, 0.2) is 42.9 Å². The van der Waals surface area contributed by atoms with Crippen LogP contribution in [0.4, 0.5) is 0 Å². The highest BCUT2D eigenvalue weighted by Gasteiger charge is 2.31. The number of nitrogens with one attached hydrogen (secondary N) is 2. The number of carbonyl (C=O) groups is 3. The van der Waals surface area contributed by atoms with Crippen LogP contribution in [0, 0.1) is 0 Å². The summed E-state index contributed by atoms with van der Waals surface area (Å²) in [7, 11) is 0. The minimum Gasteiger partial charge on any atom is -0.480 e. The van der Waals surface area contributed by atoms with E-state index in [1.165, 1.54) is 0 Å². The molecule has 0 unspecified atom stereocenters. The molecule has 0 bridgehead atoms. The first kappa shape index (κ1) is 25.8. The third kappa shape index (κ3) is 7.88. The van der Waals surface area contributed by atoms with Crippen LogP contribution in [-0.4, -0.2) is 86.4 Å². The molecular weight excluding hydrogens is 454 g/mol. The van der Waals surface area contributed by atoms with Crippen molar-refractivity contribution in [3.8, 4) is 0 Å². The molecule has 10 heteroatoms. The van der Waals surface area contributed by atoms with Crippen molar-refractivity contribution in [1.82, 2.24) is 25.1 Å². The van der Waals surface area contributed by atoms with Gasteiger partial charge < -0.3 is 20.3 Å². The van der Waals surface area contributed by atoms with Crippen LogP contribution >= 0.6 is 11.8 Å². The van der Waals surface area contributed by atoms with Gasteiger partial charge >= 0.3 is 5.97 Å². The molecule has 3 N–H and O–H groups in total. The summed E-state index contributed by atoms with van der Waals surface area (Å²) in [6, 6.07) is 8.93. The van der Waals surface area contributed by atoms with Crippen LogP contribution < -0.4 is 5.32 Å². The van der Waals surface area contributed by atoms with Crippen molar-refractivity contribution in [2.24, 2.45) is 0 Å². The van der Waals surface area contributed by atoms with Gasteiger partial charge in [0.1, 0.15) is 6.04 Å². The van der Waals surface area contributed by atoms with E-state index in [0.717, 1.165) is 24.1 Å². The second kappa shape index (κ2) is 13.1. The lowest BCUT2D eigenvalue weighted by Crippen LogP contribution is -2.49. The number of amides is 2. The first-order valence-electron chi connectivity index (χ1n) is 11.5. The summed E-state index contributed by atoms with van der Waals surface area (Å²) in [6.07, 6.45) is 7.56. The molecular formula is C24H33N5O4S. The van der Waals surface area contributed by atoms with Crippen molar-refractivity contribution in [2.75, 3.05) is 31.6 Å². The number of hydrogen-bond acceptors (Lipinski definition) is 6. The number of carboxylic acid groups (broad SMARTS) is 1. The molecule has 0 spiro atoms. The molecule has 184 valence electrons. The lowest BCUT2D eigenvalue weighted by Gasteiger charge is -2.31. The number of benzene rings is 1. The van der Waals surface area contributed by atoms with Gasteiger partial charge in [0, 0.05) is 37.6 Å². The Morgan fingerprint density at radius 2 is 2.12 bits per heavy atom. The van der Waals surface area contributed by atoms with Crippen LogP contribution in [0.25, 0.3) is 0 Å². The van der Waals surface area contributed by atoms with Gasteiger partial charge in [-0.05, 0) is 36.8 Å². The second-order valence-electron chi connectivity index (χ2n) is 8.53. The predicted molar refractivity (Wildman–Crippen MR) is 131 cm³/mol. The van der Waals surface area contributed by atoms with Crippen molar-refractivity contribution in [1.29, 1.82) is 0 Å². The van der Waals surface area contributed by atoms with Crippen LogP contribution in [0.1, 0.15) is 30.5 Å². The van der Waals surface area contributed by atoms with Gasteiger partial charge in [-0.15, -0.1) is 0 Å². The number of carboxylic acids is 1. The van der Waals surface area contributed by atoms with Gasteiger partial charge in [-0.3, -0.25) is 14.5 Å². The zero-order valence-corrected chi connectivity index (χ0v) is 20.3. The van der Waals surface area contributed by atoms with E-state index in [9.17, 15) is 19.5 Å². The van der Waals surface area contributed by atoms with Crippen LogP contribution in [0.3, 0.4) is 0 Å². The molecule has 2 aromatic rings. The lowest BCUT2D eigenvalue weighted by atomic mass is 10.1. The van der Waals surface area contributed by atoms with E-state index in [4.69, 9.17) is 0 Å². The van der Waals surface area contributed by atoms with Gasteiger partial charge in [-0.25, -0.2) is 9.78 Å². The minimum atomic E-state index is -1.02. The Bertz CT molecular complexity index is 925. The third-order valence-corrected chi connectivity index (χ3v) is 6.57. The minimum absolute atomic E-state index is 0.00121. The van der Waals surface area contributed by atoms with Gasteiger partial charge in [-0.2, -0.15) is 11.8 Å². The summed E-state index contributed by atoms with van der Waals surface area (Å²) >= 11 is 1.55. The van der Waals surface area contributed by atoms with Crippen LogP contribution in [-0.2, 0) is 27.3 Å². The van der Waals surface area contributed by atoms with Crippen molar-refractivity contribution in [2.45, 2.75) is 44.3 Å². The van der Waals surface area contributed by atoms with Crippen LogP contribution in [0.5, 0.6) is 0 Å². The first-order valence-corrected chi connectivity index (χ1v) is 12.9. The maximum Gasteiger partial charge on any atom is 0.326 e. The standard InChI is InChI=1S/C24H33N5O4S/c1-34-11-9-21(24(32)33)27-22(30)16-28(14-18-6-3-2-4-7-18)15-20-8-5-10-29(20)23(31)12-19-13-25-17-26-19/h2-4,6-7,13,17,20-21H,5,8-12,14-16H2,1H3,(H,25,26)(H,27,30)(H,32,33)/t20-,21-/m0/s1. The SMILES string of the molecule is CSCC[C@H](NC(=O)CN(Cc1ccccc1)C[C@@H]1CCCN1C(=O)Cc1cnc[nH]1)C(=O)O. The molecule has 1 aromatic heterocycles. The fourth-order valence-corrected chi connectivity index (χ4v) is 4.73. The molecule has 0 aliphatic carbocycles. The molecule has 34 heavy (non-hydrogen) atoms. The number of aromatic nitrogens is 2. The van der Waals surface area contributed by atoms with E-state index in [1.807, 2.05) is 46.4 Å². The lowest BCUT2D eigenvalue weighted by molar-refractivity contribution is -0.142. The molecule has 1 saturated heterocycles. The van der Waals surface area contributed by atoms with E-state index in [0.29, 0.717) is 31.8 Å². The number of H-pyrrole nitrogens is 1. The number of carbonyl (C=O) groups excluding carboxylic acids is 2. The highest BCUT2D eigenvalue weighted by atomic mass is 32.2.